The van der Waals surface area contributed by atoms with Gasteiger partial charge in [-0.1, -0.05) is 32.9 Å². The number of hydrogen-bond donors (Lipinski definition) is 1. The number of hydrogen-bond acceptors (Lipinski definition) is 4. The predicted octanol–water partition coefficient (Wildman–Crippen LogP) is 3.41. The van der Waals surface area contributed by atoms with Gasteiger partial charge in [0.05, 0.1) is 4.91 Å². The van der Waals surface area contributed by atoms with E-state index in [1.54, 1.807) is 6.08 Å². The summed E-state index contributed by atoms with van der Waals surface area (Å²) >= 11 is 0.842. The van der Waals surface area contributed by atoms with E-state index < -0.39 is 5.91 Å². The first kappa shape index (κ1) is 19.2. The van der Waals surface area contributed by atoms with Gasteiger partial charge in [-0.2, -0.15) is 0 Å². The number of carbonyl (C=O) groups is 3. The van der Waals surface area contributed by atoms with Gasteiger partial charge >= 0.3 is 0 Å². The molecular weight excluding hydrogens is 343 g/mol. The van der Waals surface area contributed by atoms with Gasteiger partial charge in [0, 0.05) is 19.5 Å². The van der Waals surface area contributed by atoms with Crippen LogP contribution >= 0.6 is 11.8 Å². The van der Waals surface area contributed by atoms with Gasteiger partial charge in [0.1, 0.15) is 5.82 Å². The molecule has 3 amide bonds. The molecule has 1 heterocycles. The number of nitrogens with zero attached hydrogens (tertiary/aromatic N) is 1. The topological polar surface area (TPSA) is 66.5 Å². The second kappa shape index (κ2) is 7.82. The Kier molecular flexibility index (Phi) is 6.00. The van der Waals surface area contributed by atoms with Crippen LogP contribution in [0.4, 0.5) is 9.18 Å². The molecule has 5 nitrogen and oxygen atoms in total. The summed E-state index contributed by atoms with van der Waals surface area (Å²) in [6.07, 6.45) is 1.93. The largest absolute Gasteiger partial charge is 0.354 e. The first-order chi connectivity index (χ1) is 11.7. The van der Waals surface area contributed by atoms with Crippen molar-refractivity contribution in [2.75, 3.05) is 13.1 Å². The molecule has 2 rings (SSSR count). The maximum atomic E-state index is 12.9. The van der Waals surface area contributed by atoms with Crippen molar-refractivity contribution in [2.24, 2.45) is 5.41 Å². The van der Waals surface area contributed by atoms with Crippen molar-refractivity contribution in [1.82, 2.24) is 10.2 Å². The van der Waals surface area contributed by atoms with Gasteiger partial charge in [-0.15, -0.1) is 0 Å². The Morgan fingerprint density at radius 1 is 1.24 bits per heavy atom. The molecule has 0 spiro atoms. The van der Waals surface area contributed by atoms with Gasteiger partial charge in [0.2, 0.25) is 5.91 Å². The molecule has 1 aliphatic heterocycles. The van der Waals surface area contributed by atoms with E-state index in [0.29, 0.717) is 12.0 Å². The molecule has 1 N–H and O–H groups in total. The molecular formula is C18H21FN2O3S. The first-order valence-electron chi connectivity index (χ1n) is 7.93. The Morgan fingerprint density at radius 3 is 2.48 bits per heavy atom. The van der Waals surface area contributed by atoms with Crippen molar-refractivity contribution in [2.45, 2.75) is 27.2 Å². The average molecular weight is 364 g/mol. The van der Waals surface area contributed by atoms with Crippen LogP contribution in [0, 0.1) is 11.2 Å². The van der Waals surface area contributed by atoms with E-state index in [0.717, 1.165) is 16.7 Å². The van der Waals surface area contributed by atoms with Crippen LogP contribution in [-0.4, -0.2) is 35.0 Å². The minimum absolute atomic E-state index is 0.110. The fraction of sp³-hybridized carbons (Fsp3) is 0.389. The highest BCUT2D eigenvalue weighted by atomic mass is 32.2. The van der Waals surface area contributed by atoms with E-state index in [1.807, 2.05) is 20.8 Å². The lowest BCUT2D eigenvalue weighted by Crippen LogP contribution is -2.38. The summed E-state index contributed by atoms with van der Waals surface area (Å²) in [6, 6.07) is 5.66. The zero-order valence-corrected chi connectivity index (χ0v) is 15.3. The van der Waals surface area contributed by atoms with E-state index in [2.05, 4.69) is 5.32 Å². The van der Waals surface area contributed by atoms with Gasteiger partial charge in [0.25, 0.3) is 11.1 Å². The van der Waals surface area contributed by atoms with Crippen molar-refractivity contribution >= 4 is 34.9 Å². The van der Waals surface area contributed by atoms with E-state index in [-0.39, 0.29) is 40.4 Å². The van der Waals surface area contributed by atoms with E-state index in [4.69, 9.17) is 0 Å². The molecule has 1 aliphatic rings. The number of benzene rings is 1. The lowest BCUT2D eigenvalue weighted by Gasteiger charge is -2.18. The number of carbonyl (C=O) groups excluding carboxylic acids is 3. The Labute approximate surface area is 150 Å². The molecule has 0 saturated carbocycles. The molecule has 7 heteroatoms. The van der Waals surface area contributed by atoms with Crippen molar-refractivity contribution < 1.29 is 18.8 Å². The Bertz CT molecular complexity index is 708. The lowest BCUT2D eigenvalue weighted by atomic mass is 9.92. The minimum atomic E-state index is -0.399. The molecule has 1 aromatic carbocycles. The van der Waals surface area contributed by atoms with E-state index >= 15 is 0 Å². The zero-order chi connectivity index (χ0) is 18.6. The van der Waals surface area contributed by atoms with Crippen LogP contribution in [0.1, 0.15) is 32.8 Å². The normalized spacial score (nSPS) is 16.6. The quantitative estimate of drug-likeness (QED) is 0.813. The molecule has 0 aromatic heterocycles. The van der Waals surface area contributed by atoms with Gasteiger partial charge in [-0.3, -0.25) is 19.3 Å². The third-order valence-corrected chi connectivity index (χ3v) is 4.30. The zero-order valence-electron chi connectivity index (χ0n) is 14.5. The fourth-order valence-electron chi connectivity index (χ4n) is 2.25. The third kappa shape index (κ3) is 5.70. The molecule has 134 valence electrons. The smallest absolute Gasteiger partial charge is 0.293 e. The highest BCUT2D eigenvalue weighted by Gasteiger charge is 2.34. The van der Waals surface area contributed by atoms with Crippen LogP contribution in [0.5, 0.6) is 0 Å². The Morgan fingerprint density at radius 2 is 1.88 bits per heavy atom. The van der Waals surface area contributed by atoms with Crippen molar-refractivity contribution in [3.05, 3.63) is 40.6 Å². The van der Waals surface area contributed by atoms with Crippen LogP contribution in [0.15, 0.2) is 29.2 Å². The average Bonchev–Trinajstić information content (AvgIpc) is 2.75. The molecule has 1 fully saturated rings. The Hall–Kier alpha value is -2.15. The monoisotopic (exact) mass is 364 g/mol. The van der Waals surface area contributed by atoms with Crippen LogP contribution < -0.4 is 5.32 Å². The van der Waals surface area contributed by atoms with E-state index in [1.165, 1.54) is 24.3 Å². The van der Waals surface area contributed by atoms with Gasteiger partial charge in [-0.05, 0) is 40.9 Å². The molecule has 25 heavy (non-hydrogen) atoms. The molecule has 1 aromatic rings. The second-order valence-electron chi connectivity index (χ2n) is 6.97. The Balaban J connectivity index is 1.93. The first-order valence-corrected chi connectivity index (χ1v) is 8.75. The number of imide groups is 1. The summed E-state index contributed by atoms with van der Waals surface area (Å²) in [5.74, 6) is -0.873. The molecule has 0 aliphatic carbocycles. The molecule has 0 atom stereocenters. The van der Waals surface area contributed by atoms with Gasteiger partial charge < -0.3 is 5.32 Å². The third-order valence-electron chi connectivity index (χ3n) is 3.39. The summed E-state index contributed by atoms with van der Waals surface area (Å²) in [4.78, 5) is 37.5. The fourth-order valence-corrected chi connectivity index (χ4v) is 3.12. The van der Waals surface area contributed by atoms with Crippen molar-refractivity contribution in [3.63, 3.8) is 0 Å². The SMILES string of the molecule is CC(C)(C)CC(=O)NCCN1C(=O)S/C(=C/c2ccc(F)cc2)C1=O. The number of amides is 3. The molecule has 1 saturated heterocycles. The van der Waals surface area contributed by atoms with Crippen molar-refractivity contribution in [3.8, 4) is 0 Å². The highest BCUT2D eigenvalue weighted by molar-refractivity contribution is 8.18. The lowest BCUT2D eigenvalue weighted by molar-refractivity contribution is -0.125. The second-order valence-corrected chi connectivity index (χ2v) is 7.97. The summed E-state index contributed by atoms with van der Waals surface area (Å²) in [5, 5.41) is 2.35. The van der Waals surface area contributed by atoms with Crippen LogP contribution in [0.3, 0.4) is 0 Å². The molecule has 0 bridgehead atoms. The predicted molar refractivity (Wildman–Crippen MR) is 96.2 cm³/mol. The standard InChI is InChI=1S/C18H21FN2O3S/c1-18(2,3)11-15(22)20-8-9-21-16(23)14(25-17(21)24)10-12-4-6-13(19)7-5-12/h4-7,10H,8-9,11H2,1-3H3,(H,20,22)/b14-10+. The summed E-state index contributed by atoms with van der Waals surface area (Å²) < 4.78 is 12.9. The van der Waals surface area contributed by atoms with Crippen molar-refractivity contribution in [1.29, 1.82) is 0 Å². The maximum Gasteiger partial charge on any atom is 0.293 e. The number of rotatable bonds is 5. The van der Waals surface area contributed by atoms with Gasteiger partial charge in [-0.25, -0.2) is 4.39 Å². The van der Waals surface area contributed by atoms with Crippen LogP contribution in [0.25, 0.3) is 6.08 Å². The number of nitrogens with one attached hydrogen (secondary N) is 1. The molecule has 0 radical (unpaired) electrons. The summed E-state index contributed by atoms with van der Waals surface area (Å²) in [6.45, 7) is 6.23. The van der Waals surface area contributed by atoms with Crippen LogP contribution in [0.2, 0.25) is 0 Å². The highest BCUT2D eigenvalue weighted by Crippen LogP contribution is 2.31. The van der Waals surface area contributed by atoms with E-state index in [9.17, 15) is 18.8 Å². The number of halogens is 1. The summed E-state index contributed by atoms with van der Waals surface area (Å²) in [7, 11) is 0. The maximum absolute atomic E-state index is 12.9. The van der Waals surface area contributed by atoms with Crippen LogP contribution in [-0.2, 0) is 9.59 Å². The molecule has 0 unspecified atom stereocenters. The summed E-state index contributed by atoms with van der Waals surface area (Å²) in [5.41, 5.74) is 0.523. The minimum Gasteiger partial charge on any atom is -0.354 e. The number of thioether (sulfide) groups is 1. The van der Waals surface area contributed by atoms with Gasteiger partial charge in [0.15, 0.2) is 0 Å².